The first kappa shape index (κ1) is 14.6. The van der Waals surface area contributed by atoms with Gasteiger partial charge >= 0.3 is 0 Å². The van der Waals surface area contributed by atoms with E-state index in [9.17, 15) is 9.90 Å². The smallest absolute Gasteiger partial charge is 0.230 e. The first-order valence-electron chi connectivity index (χ1n) is 6.35. The Morgan fingerprint density at radius 2 is 2.21 bits per heavy atom. The largest absolute Gasteiger partial charge is 0.396 e. The van der Waals surface area contributed by atoms with E-state index in [1.807, 2.05) is 6.07 Å². The summed E-state index contributed by atoms with van der Waals surface area (Å²) in [6.45, 7) is -0.00628. The number of hydrogen-bond donors (Lipinski definition) is 2. The Bertz CT molecular complexity index is 492. The van der Waals surface area contributed by atoms with Gasteiger partial charge in [0, 0.05) is 19.6 Å². The molecule has 1 fully saturated rings. The standard InChI is InChI=1S/C14H17Cl2NO2/c1-17-13(19)14(6-2-3-10(14)8-18)9-4-5-11(15)12(16)7-9/h4-5,7,10,18H,2-3,6,8H2,1H3,(H,17,19)/t10-,14+/m0/s1. The summed E-state index contributed by atoms with van der Waals surface area (Å²) in [7, 11) is 1.62. The average molecular weight is 302 g/mol. The van der Waals surface area contributed by atoms with Crippen molar-refractivity contribution in [2.75, 3.05) is 13.7 Å². The van der Waals surface area contributed by atoms with Crippen molar-refractivity contribution in [3.63, 3.8) is 0 Å². The van der Waals surface area contributed by atoms with Crippen LogP contribution >= 0.6 is 23.2 Å². The summed E-state index contributed by atoms with van der Waals surface area (Å²) in [4.78, 5) is 12.4. The van der Waals surface area contributed by atoms with E-state index in [0.29, 0.717) is 10.0 Å². The van der Waals surface area contributed by atoms with Crippen LogP contribution < -0.4 is 5.32 Å². The minimum atomic E-state index is -0.697. The molecule has 0 bridgehead atoms. The van der Waals surface area contributed by atoms with Crippen LogP contribution in [0.4, 0.5) is 0 Å². The molecule has 1 aromatic carbocycles. The van der Waals surface area contributed by atoms with Crippen LogP contribution in [0.5, 0.6) is 0 Å². The molecule has 0 saturated heterocycles. The van der Waals surface area contributed by atoms with E-state index < -0.39 is 5.41 Å². The van der Waals surface area contributed by atoms with Gasteiger partial charge in [-0.3, -0.25) is 4.79 Å². The Morgan fingerprint density at radius 3 is 2.79 bits per heavy atom. The molecule has 1 amide bonds. The fourth-order valence-electron chi connectivity index (χ4n) is 3.13. The van der Waals surface area contributed by atoms with Crippen LogP contribution in [0.3, 0.4) is 0 Å². The van der Waals surface area contributed by atoms with E-state index in [-0.39, 0.29) is 18.4 Å². The Labute approximate surface area is 122 Å². The second-order valence-corrected chi connectivity index (χ2v) is 5.77. The van der Waals surface area contributed by atoms with Gasteiger partial charge in [0.05, 0.1) is 15.5 Å². The molecule has 0 radical (unpaired) electrons. The molecular formula is C14H17Cl2NO2. The summed E-state index contributed by atoms with van der Waals surface area (Å²) in [6, 6.07) is 5.28. The van der Waals surface area contributed by atoms with Crippen LogP contribution in [0.25, 0.3) is 0 Å². The minimum Gasteiger partial charge on any atom is -0.396 e. The van der Waals surface area contributed by atoms with Gasteiger partial charge < -0.3 is 10.4 Å². The van der Waals surface area contributed by atoms with Crippen molar-refractivity contribution in [2.45, 2.75) is 24.7 Å². The van der Waals surface area contributed by atoms with Crippen molar-refractivity contribution in [1.29, 1.82) is 0 Å². The van der Waals surface area contributed by atoms with Crippen molar-refractivity contribution in [3.05, 3.63) is 33.8 Å². The third-order valence-electron chi connectivity index (χ3n) is 4.11. The second-order valence-electron chi connectivity index (χ2n) is 4.95. The fraction of sp³-hybridized carbons (Fsp3) is 0.500. The highest BCUT2D eigenvalue weighted by atomic mass is 35.5. The van der Waals surface area contributed by atoms with E-state index in [4.69, 9.17) is 23.2 Å². The van der Waals surface area contributed by atoms with Gasteiger partial charge in [0.1, 0.15) is 0 Å². The molecule has 2 atom stereocenters. The Hall–Kier alpha value is -0.770. The molecule has 5 heteroatoms. The number of aliphatic hydroxyl groups excluding tert-OH is 1. The van der Waals surface area contributed by atoms with Crippen molar-refractivity contribution in [2.24, 2.45) is 5.92 Å². The third-order valence-corrected chi connectivity index (χ3v) is 4.85. The molecule has 2 N–H and O–H groups in total. The molecule has 19 heavy (non-hydrogen) atoms. The van der Waals surface area contributed by atoms with E-state index in [0.717, 1.165) is 24.8 Å². The lowest BCUT2D eigenvalue weighted by Gasteiger charge is -2.33. The highest BCUT2D eigenvalue weighted by molar-refractivity contribution is 6.42. The molecule has 0 spiro atoms. The van der Waals surface area contributed by atoms with Gasteiger partial charge in [-0.2, -0.15) is 0 Å². The number of carbonyl (C=O) groups excluding carboxylic acids is 1. The Morgan fingerprint density at radius 1 is 1.47 bits per heavy atom. The first-order valence-corrected chi connectivity index (χ1v) is 7.10. The molecule has 104 valence electrons. The second kappa shape index (κ2) is 5.70. The summed E-state index contributed by atoms with van der Waals surface area (Å²) in [6.07, 6.45) is 2.47. The summed E-state index contributed by atoms with van der Waals surface area (Å²) in [5.41, 5.74) is 0.135. The molecule has 1 aromatic rings. The highest BCUT2D eigenvalue weighted by Gasteiger charge is 2.49. The van der Waals surface area contributed by atoms with Gasteiger partial charge in [-0.1, -0.05) is 35.7 Å². The SMILES string of the molecule is CNC(=O)[C@@]1(c2ccc(Cl)c(Cl)c2)CCC[C@H]1CO. The van der Waals surface area contributed by atoms with E-state index in [2.05, 4.69) is 5.32 Å². The number of nitrogens with one attached hydrogen (secondary N) is 1. The summed E-state index contributed by atoms with van der Waals surface area (Å²) in [5, 5.41) is 13.2. The average Bonchev–Trinajstić information content (AvgIpc) is 2.85. The zero-order valence-electron chi connectivity index (χ0n) is 10.7. The molecule has 3 nitrogen and oxygen atoms in total. The van der Waals surface area contributed by atoms with Crippen LogP contribution in [0.15, 0.2) is 18.2 Å². The lowest BCUT2D eigenvalue weighted by Crippen LogP contribution is -2.46. The van der Waals surface area contributed by atoms with Gasteiger partial charge in [-0.25, -0.2) is 0 Å². The monoisotopic (exact) mass is 301 g/mol. The quantitative estimate of drug-likeness (QED) is 0.902. The number of benzene rings is 1. The van der Waals surface area contributed by atoms with Crippen LogP contribution in [-0.4, -0.2) is 24.7 Å². The third kappa shape index (κ3) is 2.35. The topological polar surface area (TPSA) is 49.3 Å². The maximum atomic E-state index is 12.4. The summed E-state index contributed by atoms with van der Waals surface area (Å²) >= 11 is 12.0. The maximum Gasteiger partial charge on any atom is 0.230 e. The van der Waals surface area contributed by atoms with E-state index >= 15 is 0 Å². The lowest BCUT2D eigenvalue weighted by molar-refractivity contribution is -0.128. The highest BCUT2D eigenvalue weighted by Crippen LogP contribution is 2.46. The molecule has 0 aromatic heterocycles. The molecule has 1 aliphatic carbocycles. The summed E-state index contributed by atoms with van der Waals surface area (Å²) < 4.78 is 0. The number of amides is 1. The Balaban J connectivity index is 2.54. The zero-order valence-corrected chi connectivity index (χ0v) is 12.3. The predicted molar refractivity (Wildman–Crippen MR) is 76.6 cm³/mol. The lowest BCUT2D eigenvalue weighted by atomic mass is 9.71. The molecule has 0 heterocycles. The zero-order chi connectivity index (χ0) is 14.0. The van der Waals surface area contributed by atoms with Gasteiger partial charge in [0.25, 0.3) is 0 Å². The van der Waals surface area contributed by atoms with Crippen LogP contribution in [0.1, 0.15) is 24.8 Å². The predicted octanol–water partition coefficient (Wildman–Crippen LogP) is 2.77. The fourth-order valence-corrected chi connectivity index (χ4v) is 3.43. The number of likely N-dealkylation sites (N-methyl/N-ethyl adjacent to an activating group) is 1. The number of hydrogen-bond acceptors (Lipinski definition) is 2. The molecule has 0 unspecified atom stereocenters. The number of carbonyl (C=O) groups is 1. The minimum absolute atomic E-state index is 0.00628. The van der Waals surface area contributed by atoms with Gasteiger partial charge in [-0.15, -0.1) is 0 Å². The van der Waals surface area contributed by atoms with E-state index in [1.165, 1.54) is 0 Å². The van der Waals surface area contributed by atoms with Gasteiger partial charge in [0.2, 0.25) is 5.91 Å². The van der Waals surface area contributed by atoms with Gasteiger partial charge in [-0.05, 0) is 30.5 Å². The van der Waals surface area contributed by atoms with Crippen molar-refractivity contribution < 1.29 is 9.90 Å². The maximum absolute atomic E-state index is 12.4. The molecular weight excluding hydrogens is 285 g/mol. The number of rotatable bonds is 3. The van der Waals surface area contributed by atoms with Crippen molar-refractivity contribution in [3.8, 4) is 0 Å². The van der Waals surface area contributed by atoms with Crippen LogP contribution in [-0.2, 0) is 10.2 Å². The molecule has 1 aliphatic rings. The molecule has 0 aliphatic heterocycles. The first-order chi connectivity index (χ1) is 9.06. The van der Waals surface area contributed by atoms with Gasteiger partial charge in [0.15, 0.2) is 0 Å². The summed E-state index contributed by atoms with van der Waals surface area (Å²) in [5.74, 6) is -0.146. The van der Waals surface area contributed by atoms with E-state index in [1.54, 1.807) is 19.2 Å². The van der Waals surface area contributed by atoms with Crippen molar-refractivity contribution in [1.82, 2.24) is 5.32 Å². The Kier molecular flexibility index (Phi) is 4.39. The molecule has 2 rings (SSSR count). The number of halogens is 2. The molecule has 1 saturated carbocycles. The van der Waals surface area contributed by atoms with Crippen LogP contribution in [0, 0.1) is 5.92 Å². The normalized spacial score (nSPS) is 26.4. The van der Waals surface area contributed by atoms with Crippen LogP contribution in [0.2, 0.25) is 10.0 Å². The number of aliphatic hydroxyl groups is 1. The van der Waals surface area contributed by atoms with Crippen molar-refractivity contribution >= 4 is 29.1 Å².